The Balaban J connectivity index is 2.06. The molecule has 1 fully saturated rings. The number of rotatable bonds is 4. The average molecular weight is 384 g/mol. The summed E-state index contributed by atoms with van der Waals surface area (Å²) in [5.74, 6) is -3.03. The van der Waals surface area contributed by atoms with E-state index in [0.29, 0.717) is 11.4 Å². The van der Waals surface area contributed by atoms with Gasteiger partial charge in [-0.1, -0.05) is 6.07 Å². The van der Waals surface area contributed by atoms with Gasteiger partial charge in [-0.25, -0.2) is 4.79 Å². The number of carbonyl (C=O) groups is 3. The molecule has 1 saturated heterocycles. The molecule has 28 heavy (non-hydrogen) atoms. The molecule has 0 aliphatic carbocycles. The fourth-order valence-corrected chi connectivity index (χ4v) is 2.96. The summed E-state index contributed by atoms with van der Waals surface area (Å²) in [6, 6.07) is 6.22. The smallest absolute Gasteiger partial charge is 0.351 e. The number of aliphatic imine (C=N–C) groups is 1. The fraction of sp³-hybridized carbons (Fsp3) is 0.211. The van der Waals surface area contributed by atoms with Crippen molar-refractivity contribution in [2.75, 3.05) is 4.90 Å². The first-order valence-electron chi connectivity index (χ1n) is 8.32. The van der Waals surface area contributed by atoms with Crippen LogP contribution < -0.4 is 10.5 Å². The van der Waals surface area contributed by atoms with Crippen molar-refractivity contribution in [3.05, 3.63) is 45.8 Å². The number of imide groups is 1. The van der Waals surface area contributed by atoms with Crippen molar-refractivity contribution in [3.8, 4) is 11.7 Å². The van der Waals surface area contributed by atoms with Crippen molar-refractivity contribution in [1.29, 1.82) is 0 Å². The van der Waals surface area contributed by atoms with Crippen LogP contribution in [-0.2, 0) is 9.59 Å². The SMILES string of the molecule is CC(=O)c1c(O)oc(=O)c(C(C)=Nc2cccc(N3C(=O)CCC3=O)c2)c1O. The molecule has 0 saturated carbocycles. The maximum absolute atomic E-state index is 12.1. The topological polar surface area (TPSA) is 137 Å². The van der Waals surface area contributed by atoms with E-state index in [-0.39, 0.29) is 35.9 Å². The highest BCUT2D eigenvalue weighted by Gasteiger charge is 2.30. The Morgan fingerprint density at radius 3 is 2.32 bits per heavy atom. The summed E-state index contributed by atoms with van der Waals surface area (Å²) in [5.41, 5.74) is -1.30. The van der Waals surface area contributed by atoms with Gasteiger partial charge in [-0.3, -0.25) is 24.3 Å². The maximum Gasteiger partial charge on any atom is 0.351 e. The van der Waals surface area contributed by atoms with Crippen LogP contribution in [0.25, 0.3) is 0 Å². The number of nitrogens with zero attached hydrogens (tertiary/aromatic N) is 2. The molecule has 1 aromatic heterocycles. The molecule has 9 nitrogen and oxygen atoms in total. The molecule has 1 aliphatic rings. The van der Waals surface area contributed by atoms with Gasteiger partial charge in [0.05, 0.1) is 17.1 Å². The third-order valence-corrected chi connectivity index (χ3v) is 4.23. The quantitative estimate of drug-likeness (QED) is 0.467. The van der Waals surface area contributed by atoms with Gasteiger partial charge < -0.3 is 14.6 Å². The lowest BCUT2D eigenvalue weighted by Crippen LogP contribution is -2.28. The molecule has 0 atom stereocenters. The molecule has 2 heterocycles. The highest BCUT2D eigenvalue weighted by atomic mass is 16.5. The number of ketones is 1. The number of aromatic hydroxyl groups is 2. The lowest BCUT2D eigenvalue weighted by molar-refractivity contribution is -0.121. The van der Waals surface area contributed by atoms with Crippen LogP contribution in [0.5, 0.6) is 11.7 Å². The second-order valence-electron chi connectivity index (χ2n) is 6.19. The van der Waals surface area contributed by atoms with Crippen molar-refractivity contribution in [2.24, 2.45) is 4.99 Å². The van der Waals surface area contributed by atoms with Crippen molar-refractivity contribution in [3.63, 3.8) is 0 Å². The largest absolute Gasteiger partial charge is 0.506 e. The van der Waals surface area contributed by atoms with E-state index >= 15 is 0 Å². The molecular weight excluding hydrogens is 368 g/mol. The second kappa shape index (κ2) is 7.10. The molecule has 2 aromatic rings. The predicted octanol–water partition coefficient (Wildman–Crippen LogP) is 2.05. The van der Waals surface area contributed by atoms with Crippen LogP contribution in [0.15, 0.2) is 38.5 Å². The van der Waals surface area contributed by atoms with Gasteiger partial charge >= 0.3 is 5.63 Å². The highest BCUT2D eigenvalue weighted by Crippen LogP contribution is 2.30. The minimum atomic E-state index is -1.07. The van der Waals surface area contributed by atoms with E-state index in [2.05, 4.69) is 9.41 Å². The number of hydrogen-bond acceptors (Lipinski definition) is 8. The standard InChI is InChI=1S/C19H16N2O7/c1-9(15-17(25)16(10(2)22)19(27)28-18(15)26)20-11-4-3-5-12(8-11)21-13(23)6-7-14(21)24/h3-5,8,25,27H,6-7H2,1-2H3. The third-order valence-electron chi connectivity index (χ3n) is 4.23. The van der Waals surface area contributed by atoms with Gasteiger partial charge in [0, 0.05) is 12.8 Å². The molecule has 0 radical (unpaired) electrons. The van der Waals surface area contributed by atoms with Gasteiger partial charge in [-0.2, -0.15) is 0 Å². The summed E-state index contributed by atoms with van der Waals surface area (Å²) in [7, 11) is 0. The first-order valence-corrected chi connectivity index (χ1v) is 8.32. The van der Waals surface area contributed by atoms with Crippen LogP contribution in [0.1, 0.15) is 42.6 Å². The zero-order valence-electron chi connectivity index (χ0n) is 15.1. The molecule has 2 amide bonds. The first kappa shape index (κ1) is 19.0. The monoisotopic (exact) mass is 384 g/mol. The number of benzene rings is 1. The van der Waals surface area contributed by atoms with E-state index < -0.39 is 28.7 Å². The van der Waals surface area contributed by atoms with E-state index in [1.165, 1.54) is 13.0 Å². The van der Waals surface area contributed by atoms with Crippen molar-refractivity contribution in [2.45, 2.75) is 26.7 Å². The van der Waals surface area contributed by atoms with Gasteiger partial charge in [-0.05, 0) is 32.0 Å². The molecule has 1 aromatic carbocycles. The lowest BCUT2D eigenvalue weighted by Gasteiger charge is -2.14. The maximum atomic E-state index is 12.1. The molecule has 0 spiro atoms. The van der Waals surface area contributed by atoms with Crippen molar-refractivity contribution in [1.82, 2.24) is 0 Å². The molecule has 144 valence electrons. The van der Waals surface area contributed by atoms with Crippen LogP contribution in [0.3, 0.4) is 0 Å². The number of anilines is 1. The van der Waals surface area contributed by atoms with Crippen LogP contribution in [0, 0.1) is 0 Å². The minimum Gasteiger partial charge on any atom is -0.506 e. The first-order chi connectivity index (χ1) is 13.2. The van der Waals surface area contributed by atoms with Gasteiger partial charge in [0.2, 0.25) is 11.8 Å². The zero-order chi connectivity index (χ0) is 20.6. The minimum absolute atomic E-state index is 0.0185. The van der Waals surface area contributed by atoms with E-state index in [0.717, 1.165) is 11.8 Å². The summed E-state index contributed by atoms with van der Waals surface area (Å²) in [6.07, 6.45) is 0.281. The Hall–Kier alpha value is -3.75. The van der Waals surface area contributed by atoms with Gasteiger partial charge in [0.1, 0.15) is 16.9 Å². The van der Waals surface area contributed by atoms with Crippen molar-refractivity contribution < 1.29 is 29.0 Å². The molecule has 0 unspecified atom stereocenters. The number of Topliss-reactive ketones (excluding diaryl/α,β-unsaturated/α-hetero) is 1. The average Bonchev–Trinajstić information content (AvgIpc) is 2.92. The summed E-state index contributed by atoms with van der Waals surface area (Å²) >= 11 is 0. The van der Waals surface area contributed by atoms with Crippen LogP contribution in [-0.4, -0.2) is 33.5 Å². The Kier molecular flexibility index (Phi) is 4.83. The molecule has 9 heteroatoms. The van der Waals surface area contributed by atoms with E-state index in [4.69, 9.17) is 0 Å². The van der Waals surface area contributed by atoms with Gasteiger partial charge in [0.15, 0.2) is 5.78 Å². The second-order valence-corrected chi connectivity index (χ2v) is 6.19. The van der Waals surface area contributed by atoms with E-state index in [1.54, 1.807) is 18.2 Å². The summed E-state index contributed by atoms with van der Waals surface area (Å²) in [6.45, 7) is 2.50. The Labute approximate surface area is 158 Å². The highest BCUT2D eigenvalue weighted by molar-refractivity contribution is 6.20. The molecule has 3 rings (SSSR count). The predicted molar refractivity (Wildman–Crippen MR) is 98.4 cm³/mol. The van der Waals surface area contributed by atoms with E-state index in [9.17, 15) is 29.4 Å². The summed E-state index contributed by atoms with van der Waals surface area (Å²) in [4.78, 5) is 52.7. The number of carbonyl (C=O) groups excluding carboxylic acids is 3. The Morgan fingerprint density at radius 1 is 1.07 bits per heavy atom. The van der Waals surface area contributed by atoms with Gasteiger partial charge in [0.25, 0.3) is 5.95 Å². The Morgan fingerprint density at radius 2 is 1.71 bits per heavy atom. The lowest BCUT2D eigenvalue weighted by atomic mass is 10.1. The zero-order valence-corrected chi connectivity index (χ0v) is 15.1. The molecule has 0 bridgehead atoms. The molecule has 2 N–H and O–H groups in total. The van der Waals surface area contributed by atoms with Crippen molar-refractivity contribution >= 4 is 34.7 Å². The van der Waals surface area contributed by atoms with Crippen LogP contribution >= 0.6 is 0 Å². The fourth-order valence-electron chi connectivity index (χ4n) is 2.96. The number of amides is 2. The van der Waals surface area contributed by atoms with Gasteiger partial charge in [-0.15, -0.1) is 0 Å². The third kappa shape index (κ3) is 3.29. The summed E-state index contributed by atoms with van der Waals surface area (Å²) < 4.78 is 4.61. The molecular formula is C19H16N2O7. The van der Waals surface area contributed by atoms with E-state index in [1.807, 2.05) is 0 Å². The Bertz CT molecular complexity index is 1080. The number of hydrogen-bond donors (Lipinski definition) is 2. The van der Waals surface area contributed by atoms with Crippen LogP contribution in [0.4, 0.5) is 11.4 Å². The van der Waals surface area contributed by atoms with Crippen LogP contribution in [0.2, 0.25) is 0 Å². The molecule has 1 aliphatic heterocycles. The normalized spacial score (nSPS) is 14.6. The summed E-state index contributed by atoms with van der Waals surface area (Å²) in [5, 5.41) is 19.8.